The first-order valence-electron chi connectivity index (χ1n) is 5.56. The average molecular weight is 271 g/mol. The fraction of sp³-hybridized carbons (Fsp3) is 0.417. The number of rotatable bonds is 4. The van der Waals surface area contributed by atoms with E-state index in [1.807, 2.05) is 19.2 Å². The topological polar surface area (TPSA) is 38.1 Å². The molecule has 0 saturated carbocycles. The molecule has 2 aromatic rings. The highest BCUT2D eigenvalue weighted by Crippen LogP contribution is 2.37. The molecule has 2 heterocycles. The molecule has 17 heavy (non-hydrogen) atoms. The van der Waals surface area contributed by atoms with Gasteiger partial charge in [0.15, 0.2) is 5.76 Å². The van der Waals surface area contributed by atoms with Crippen LogP contribution in [0, 0.1) is 6.92 Å². The van der Waals surface area contributed by atoms with Crippen molar-refractivity contribution in [1.29, 1.82) is 0 Å². The van der Waals surface area contributed by atoms with Crippen molar-refractivity contribution in [3.63, 3.8) is 0 Å². The van der Waals surface area contributed by atoms with E-state index >= 15 is 0 Å². The number of aromatic nitrogens is 1. The maximum atomic E-state index is 6.20. The summed E-state index contributed by atoms with van der Waals surface area (Å²) in [5.41, 5.74) is 1.07. The number of hydrogen-bond donors (Lipinski definition) is 1. The Labute approximate surface area is 110 Å². The van der Waals surface area contributed by atoms with E-state index in [0.717, 1.165) is 27.8 Å². The first-order valence-corrected chi connectivity index (χ1v) is 6.82. The lowest BCUT2D eigenvalue weighted by atomic mass is 10.3. The Kier molecular flexibility index (Phi) is 3.86. The minimum atomic E-state index is 0.119. The maximum Gasteiger partial charge on any atom is 0.211 e. The van der Waals surface area contributed by atoms with E-state index in [0.29, 0.717) is 5.89 Å². The normalized spacial score (nSPS) is 12.9. The molecular weight excluding hydrogens is 256 g/mol. The fourth-order valence-electron chi connectivity index (χ4n) is 1.58. The van der Waals surface area contributed by atoms with Crippen LogP contribution < -0.4 is 5.32 Å². The van der Waals surface area contributed by atoms with Crippen LogP contribution in [0.5, 0.6) is 0 Å². The van der Waals surface area contributed by atoms with Crippen LogP contribution in [-0.2, 0) is 0 Å². The summed E-state index contributed by atoms with van der Waals surface area (Å²) in [6, 6.07) is 0.119. The van der Waals surface area contributed by atoms with Crippen molar-refractivity contribution < 1.29 is 4.42 Å². The zero-order chi connectivity index (χ0) is 12.4. The highest BCUT2D eigenvalue weighted by atomic mass is 35.5. The Bertz CT molecular complexity index is 506. The van der Waals surface area contributed by atoms with Crippen LogP contribution in [-0.4, -0.2) is 11.5 Å². The van der Waals surface area contributed by atoms with Gasteiger partial charge in [-0.2, -0.15) is 0 Å². The summed E-state index contributed by atoms with van der Waals surface area (Å²) in [7, 11) is 0. The van der Waals surface area contributed by atoms with Crippen LogP contribution in [0.25, 0.3) is 10.6 Å². The van der Waals surface area contributed by atoms with Crippen molar-refractivity contribution >= 4 is 22.9 Å². The van der Waals surface area contributed by atoms with E-state index in [2.05, 4.69) is 17.2 Å². The molecule has 1 atom stereocenters. The summed E-state index contributed by atoms with van der Waals surface area (Å²) < 4.78 is 5.73. The second kappa shape index (κ2) is 5.21. The molecule has 0 aromatic carbocycles. The van der Waals surface area contributed by atoms with Crippen molar-refractivity contribution in [3.05, 3.63) is 28.1 Å². The molecule has 0 bridgehead atoms. The summed E-state index contributed by atoms with van der Waals surface area (Å²) >= 11 is 7.78. The molecule has 0 fully saturated rings. The van der Waals surface area contributed by atoms with Crippen molar-refractivity contribution in [1.82, 2.24) is 10.3 Å². The number of nitrogens with one attached hydrogen (secondary N) is 1. The third-order valence-electron chi connectivity index (χ3n) is 2.53. The monoisotopic (exact) mass is 270 g/mol. The van der Waals surface area contributed by atoms with Gasteiger partial charge in [0.2, 0.25) is 5.89 Å². The van der Waals surface area contributed by atoms with Crippen molar-refractivity contribution in [3.8, 4) is 10.6 Å². The molecule has 2 aromatic heterocycles. The van der Waals surface area contributed by atoms with Gasteiger partial charge in [0, 0.05) is 0 Å². The van der Waals surface area contributed by atoms with Gasteiger partial charge in [-0.3, -0.25) is 0 Å². The summed E-state index contributed by atoms with van der Waals surface area (Å²) in [4.78, 5) is 5.23. The van der Waals surface area contributed by atoms with Crippen molar-refractivity contribution in [2.75, 3.05) is 6.54 Å². The van der Waals surface area contributed by atoms with Gasteiger partial charge in [-0.15, -0.1) is 11.3 Å². The van der Waals surface area contributed by atoms with Crippen LogP contribution in [0.3, 0.4) is 0 Å². The molecule has 0 saturated heterocycles. The van der Waals surface area contributed by atoms with E-state index in [1.165, 1.54) is 0 Å². The summed E-state index contributed by atoms with van der Waals surface area (Å²) in [6.07, 6.45) is 1.74. The molecule has 0 aliphatic rings. The van der Waals surface area contributed by atoms with E-state index in [-0.39, 0.29) is 6.04 Å². The molecule has 2 rings (SSSR count). The predicted molar refractivity (Wildman–Crippen MR) is 71.7 cm³/mol. The second-order valence-corrected chi connectivity index (χ2v) is 5.16. The molecule has 0 spiro atoms. The Morgan fingerprint density at radius 2 is 2.35 bits per heavy atom. The van der Waals surface area contributed by atoms with Gasteiger partial charge in [-0.1, -0.05) is 18.5 Å². The minimum absolute atomic E-state index is 0.119. The van der Waals surface area contributed by atoms with Crippen molar-refractivity contribution in [2.24, 2.45) is 0 Å². The molecule has 1 unspecified atom stereocenters. The first kappa shape index (κ1) is 12.6. The van der Waals surface area contributed by atoms with Crippen LogP contribution in [0.4, 0.5) is 0 Å². The first-order chi connectivity index (χ1) is 8.13. The summed E-state index contributed by atoms with van der Waals surface area (Å²) in [5.74, 6) is 1.44. The SMILES string of the molecule is CCNC(C)c1ncc(-c2scc(C)c2Cl)o1. The lowest BCUT2D eigenvalue weighted by Gasteiger charge is -2.06. The number of nitrogens with zero attached hydrogens (tertiary/aromatic N) is 1. The third-order valence-corrected chi connectivity index (χ3v) is 4.24. The summed E-state index contributed by atoms with van der Waals surface area (Å²) in [6.45, 7) is 6.96. The predicted octanol–water partition coefficient (Wildman–Crippen LogP) is 4.04. The van der Waals surface area contributed by atoms with Gasteiger partial charge in [-0.25, -0.2) is 4.98 Å². The van der Waals surface area contributed by atoms with Crippen LogP contribution in [0.2, 0.25) is 5.02 Å². The fourth-order valence-corrected chi connectivity index (χ4v) is 2.82. The highest BCUT2D eigenvalue weighted by molar-refractivity contribution is 7.14. The van der Waals surface area contributed by atoms with E-state index in [4.69, 9.17) is 16.0 Å². The highest BCUT2D eigenvalue weighted by Gasteiger charge is 2.16. The van der Waals surface area contributed by atoms with Gasteiger partial charge in [0.25, 0.3) is 0 Å². The minimum Gasteiger partial charge on any atom is -0.438 e. The van der Waals surface area contributed by atoms with E-state index in [1.54, 1.807) is 17.5 Å². The number of aryl methyl sites for hydroxylation is 1. The Hall–Kier alpha value is -0.840. The van der Waals surface area contributed by atoms with Crippen LogP contribution in [0.15, 0.2) is 16.0 Å². The van der Waals surface area contributed by atoms with E-state index < -0.39 is 0 Å². The molecule has 5 heteroatoms. The maximum absolute atomic E-state index is 6.20. The Morgan fingerprint density at radius 1 is 1.59 bits per heavy atom. The largest absolute Gasteiger partial charge is 0.438 e. The average Bonchev–Trinajstić information content (AvgIpc) is 2.88. The molecule has 0 amide bonds. The number of hydrogen-bond acceptors (Lipinski definition) is 4. The number of halogens is 1. The van der Waals surface area contributed by atoms with Crippen LogP contribution in [0.1, 0.15) is 31.3 Å². The van der Waals surface area contributed by atoms with Crippen molar-refractivity contribution in [2.45, 2.75) is 26.8 Å². The molecule has 0 radical (unpaired) electrons. The quantitative estimate of drug-likeness (QED) is 0.911. The molecule has 0 aliphatic heterocycles. The zero-order valence-corrected chi connectivity index (χ0v) is 11.7. The molecule has 1 N–H and O–H groups in total. The molecule has 3 nitrogen and oxygen atoms in total. The lowest BCUT2D eigenvalue weighted by Crippen LogP contribution is -2.17. The smallest absolute Gasteiger partial charge is 0.211 e. The van der Waals surface area contributed by atoms with Crippen LogP contribution >= 0.6 is 22.9 Å². The molecule has 0 aliphatic carbocycles. The van der Waals surface area contributed by atoms with Gasteiger partial charge >= 0.3 is 0 Å². The number of oxazole rings is 1. The molecule has 92 valence electrons. The Balaban J connectivity index is 2.27. The van der Waals surface area contributed by atoms with Gasteiger partial charge in [0.05, 0.1) is 22.1 Å². The van der Waals surface area contributed by atoms with E-state index in [9.17, 15) is 0 Å². The summed E-state index contributed by atoms with van der Waals surface area (Å²) in [5, 5.41) is 6.04. The number of thiophene rings is 1. The van der Waals surface area contributed by atoms with Gasteiger partial charge in [0.1, 0.15) is 0 Å². The standard InChI is InChI=1S/C12H15ClN2OS/c1-4-14-8(3)12-15-5-9(16-12)11-10(13)7(2)6-17-11/h5-6,8,14H,4H2,1-3H3. The Morgan fingerprint density at radius 3 is 2.94 bits per heavy atom. The lowest BCUT2D eigenvalue weighted by molar-refractivity contribution is 0.429. The zero-order valence-electron chi connectivity index (χ0n) is 10.1. The molecular formula is C12H15ClN2OS. The second-order valence-electron chi connectivity index (χ2n) is 3.90. The third kappa shape index (κ3) is 2.54. The van der Waals surface area contributed by atoms with Gasteiger partial charge < -0.3 is 9.73 Å². The van der Waals surface area contributed by atoms with Gasteiger partial charge in [-0.05, 0) is 31.3 Å².